The van der Waals surface area contributed by atoms with Crippen LogP contribution in [0.2, 0.25) is 0 Å². The molecule has 0 spiro atoms. The Morgan fingerprint density at radius 2 is 2.15 bits per heavy atom. The second kappa shape index (κ2) is 4.53. The molecule has 0 saturated heterocycles. The number of benzene rings is 1. The summed E-state index contributed by atoms with van der Waals surface area (Å²) >= 11 is 1.03. The molecule has 20 heavy (non-hydrogen) atoms. The van der Waals surface area contributed by atoms with E-state index in [1.54, 1.807) is 0 Å². The minimum absolute atomic E-state index is 0.133. The molecule has 7 heteroatoms. The molecule has 0 aliphatic heterocycles. The number of carboxylic acid groups (broad SMARTS) is 1. The third-order valence-electron chi connectivity index (χ3n) is 2.65. The van der Waals surface area contributed by atoms with Gasteiger partial charge in [-0.3, -0.25) is 0 Å². The molecule has 2 aromatic heterocycles. The number of carboxylic acids is 1. The Balaban J connectivity index is 2.20. The molecule has 0 bridgehead atoms. The lowest BCUT2D eigenvalue weighted by Gasteiger charge is -1.99. The highest BCUT2D eigenvalue weighted by atomic mass is 32.1. The largest absolute Gasteiger partial charge is 0.476 e. The Morgan fingerprint density at radius 1 is 1.35 bits per heavy atom. The molecular weight excluding hydrogens is 285 g/mol. The molecule has 0 fully saturated rings. The van der Waals surface area contributed by atoms with E-state index in [-0.39, 0.29) is 21.8 Å². The monoisotopic (exact) mass is 291 g/mol. The summed E-state index contributed by atoms with van der Waals surface area (Å²) in [6.45, 7) is 0. The Hall–Kier alpha value is -2.54. The molecule has 3 rings (SSSR count). The molecule has 0 atom stereocenters. The summed E-state index contributed by atoms with van der Waals surface area (Å²) in [6, 6.07) is 5.34. The summed E-state index contributed by atoms with van der Waals surface area (Å²) in [6.07, 6.45) is 0. The van der Waals surface area contributed by atoms with Gasteiger partial charge in [0.05, 0.1) is 5.56 Å². The number of fused-ring (bicyclic) bond motifs is 1. The van der Waals surface area contributed by atoms with Gasteiger partial charge in [0, 0.05) is 16.8 Å². The zero-order chi connectivity index (χ0) is 14.3. The van der Waals surface area contributed by atoms with Crippen molar-refractivity contribution in [3.63, 3.8) is 0 Å². The van der Waals surface area contributed by atoms with Crippen LogP contribution in [0.25, 0.3) is 21.5 Å². The van der Waals surface area contributed by atoms with Gasteiger partial charge in [-0.1, -0.05) is 0 Å². The number of halogens is 1. The SMILES string of the molecule is O=C(O)c1csc(-c2cc3ccc(F)cc3oc2=O)n1. The van der Waals surface area contributed by atoms with Gasteiger partial charge in [0.25, 0.3) is 0 Å². The molecule has 0 saturated carbocycles. The van der Waals surface area contributed by atoms with Gasteiger partial charge in [-0.25, -0.2) is 19.0 Å². The van der Waals surface area contributed by atoms with Gasteiger partial charge in [0.2, 0.25) is 0 Å². The van der Waals surface area contributed by atoms with Crippen molar-refractivity contribution in [1.29, 1.82) is 0 Å². The van der Waals surface area contributed by atoms with E-state index in [1.807, 2.05) is 0 Å². The van der Waals surface area contributed by atoms with Gasteiger partial charge in [0.1, 0.15) is 16.4 Å². The van der Waals surface area contributed by atoms with Crippen LogP contribution in [-0.4, -0.2) is 16.1 Å². The maximum Gasteiger partial charge on any atom is 0.355 e. The van der Waals surface area contributed by atoms with Gasteiger partial charge in [0.15, 0.2) is 5.69 Å². The van der Waals surface area contributed by atoms with Gasteiger partial charge >= 0.3 is 11.6 Å². The quantitative estimate of drug-likeness (QED) is 0.734. The maximum absolute atomic E-state index is 13.0. The molecule has 0 amide bonds. The number of carbonyl (C=O) groups is 1. The van der Waals surface area contributed by atoms with E-state index < -0.39 is 17.4 Å². The number of thiazole rings is 1. The predicted octanol–water partition coefficient (Wildman–Crippen LogP) is 2.75. The van der Waals surface area contributed by atoms with E-state index in [0.29, 0.717) is 5.39 Å². The fourth-order valence-corrected chi connectivity index (χ4v) is 2.53. The highest BCUT2D eigenvalue weighted by Crippen LogP contribution is 2.24. The van der Waals surface area contributed by atoms with E-state index in [9.17, 15) is 14.0 Å². The molecule has 3 aromatic rings. The average molecular weight is 291 g/mol. The van der Waals surface area contributed by atoms with Crippen LogP contribution >= 0.6 is 11.3 Å². The number of hydrogen-bond acceptors (Lipinski definition) is 5. The zero-order valence-corrected chi connectivity index (χ0v) is 10.6. The molecule has 0 aliphatic carbocycles. The highest BCUT2D eigenvalue weighted by molar-refractivity contribution is 7.13. The molecule has 100 valence electrons. The number of nitrogens with zero attached hydrogens (tertiary/aromatic N) is 1. The van der Waals surface area contributed by atoms with Crippen LogP contribution in [-0.2, 0) is 0 Å². The summed E-state index contributed by atoms with van der Waals surface area (Å²) in [7, 11) is 0. The van der Waals surface area contributed by atoms with Gasteiger partial charge in [-0.2, -0.15) is 0 Å². The standard InChI is InChI=1S/C13H6FNO4S/c14-7-2-1-6-3-8(13(18)19-10(6)4-7)11-15-9(5-20-11)12(16)17/h1-5H,(H,16,17). The van der Waals surface area contributed by atoms with Gasteiger partial charge in [-0.15, -0.1) is 11.3 Å². The average Bonchev–Trinajstić information content (AvgIpc) is 2.87. The van der Waals surface area contributed by atoms with Gasteiger partial charge in [-0.05, 0) is 18.2 Å². The summed E-state index contributed by atoms with van der Waals surface area (Å²) in [4.78, 5) is 26.5. The number of hydrogen-bond donors (Lipinski definition) is 1. The molecular formula is C13H6FNO4S. The van der Waals surface area contributed by atoms with E-state index in [2.05, 4.69) is 4.98 Å². The van der Waals surface area contributed by atoms with Crippen LogP contribution in [0.3, 0.4) is 0 Å². The molecule has 0 radical (unpaired) electrons. The topological polar surface area (TPSA) is 80.4 Å². The molecule has 5 nitrogen and oxygen atoms in total. The molecule has 0 aliphatic rings. The third-order valence-corrected chi connectivity index (χ3v) is 3.53. The van der Waals surface area contributed by atoms with Crippen molar-refractivity contribution in [2.24, 2.45) is 0 Å². The highest BCUT2D eigenvalue weighted by Gasteiger charge is 2.14. The van der Waals surface area contributed by atoms with E-state index in [1.165, 1.54) is 23.6 Å². The lowest BCUT2D eigenvalue weighted by molar-refractivity contribution is 0.0691. The zero-order valence-electron chi connectivity index (χ0n) is 9.79. The van der Waals surface area contributed by atoms with Crippen molar-refractivity contribution in [3.05, 3.63) is 51.6 Å². The molecule has 1 N–H and O–H groups in total. The summed E-state index contributed by atoms with van der Waals surface area (Å²) in [5.41, 5.74) is -0.534. The number of aromatic carboxylic acids is 1. The Labute approximate surface area is 114 Å². The first-order valence-corrected chi connectivity index (χ1v) is 6.35. The maximum atomic E-state index is 13.0. The number of aromatic nitrogens is 1. The third kappa shape index (κ3) is 2.08. The van der Waals surface area contributed by atoms with Crippen LogP contribution in [0.1, 0.15) is 10.5 Å². The molecule has 1 aromatic carbocycles. The van der Waals surface area contributed by atoms with Crippen LogP contribution in [0.4, 0.5) is 4.39 Å². The van der Waals surface area contributed by atoms with Crippen LogP contribution in [0.5, 0.6) is 0 Å². The lowest BCUT2D eigenvalue weighted by Crippen LogP contribution is -2.03. The van der Waals surface area contributed by atoms with Crippen LogP contribution in [0.15, 0.2) is 38.9 Å². The van der Waals surface area contributed by atoms with Gasteiger partial charge < -0.3 is 9.52 Å². The first-order chi connectivity index (χ1) is 9.54. The Kier molecular flexibility index (Phi) is 2.83. The smallest absolute Gasteiger partial charge is 0.355 e. The minimum atomic E-state index is -1.17. The normalized spacial score (nSPS) is 10.8. The fourth-order valence-electron chi connectivity index (χ4n) is 1.73. The molecule has 2 heterocycles. The minimum Gasteiger partial charge on any atom is -0.476 e. The summed E-state index contributed by atoms with van der Waals surface area (Å²) < 4.78 is 18.1. The second-order valence-electron chi connectivity index (χ2n) is 3.97. The first-order valence-electron chi connectivity index (χ1n) is 5.47. The Morgan fingerprint density at radius 3 is 2.85 bits per heavy atom. The van der Waals surface area contributed by atoms with Crippen molar-refractivity contribution in [2.75, 3.05) is 0 Å². The van der Waals surface area contributed by atoms with E-state index in [0.717, 1.165) is 17.4 Å². The molecule has 0 unspecified atom stereocenters. The van der Waals surface area contributed by atoms with Crippen molar-refractivity contribution in [3.8, 4) is 10.6 Å². The van der Waals surface area contributed by atoms with Crippen molar-refractivity contribution < 1.29 is 18.7 Å². The van der Waals surface area contributed by atoms with Crippen LogP contribution in [0, 0.1) is 5.82 Å². The van der Waals surface area contributed by atoms with Crippen molar-refractivity contribution in [2.45, 2.75) is 0 Å². The second-order valence-corrected chi connectivity index (χ2v) is 4.83. The van der Waals surface area contributed by atoms with E-state index >= 15 is 0 Å². The first kappa shape index (κ1) is 12.5. The summed E-state index contributed by atoms with van der Waals surface area (Å²) in [5, 5.41) is 10.9. The van der Waals surface area contributed by atoms with Crippen LogP contribution < -0.4 is 5.63 Å². The Bertz CT molecular complexity index is 883. The summed E-state index contributed by atoms with van der Waals surface area (Å²) in [5.74, 6) is -1.67. The van der Waals surface area contributed by atoms with Crippen molar-refractivity contribution >= 4 is 28.3 Å². The van der Waals surface area contributed by atoms with Crippen molar-refractivity contribution in [1.82, 2.24) is 4.98 Å². The lowest BCUT2D eigenvalue weighted by atomic mass is 10.2. The fraction of sp³-hybridized carbons (Fsp3) is 0. The van der Waals surface area contributed by atoms with E-state index in [4.69, 9.17) is 9.52 Å². The predicted molar refractivity (Wildman–Crippen MR) is 70.5 cm³/mol. The number of rotatable bonds is 2.